The van der Waals surface area contributed by atoms with Crippen molar-refractivity contribution in [2.75, 3.05) is 44.7 Å². The normalized spacial score (nSPS) is 16.9. The van der Waals surface area contributed by atoms with Gasteiger partial charge < -0.3 is 20.4 Å². The largest absolute Gasteiger partial charge is 0.357 e. The fourth-order valence-electron chi connectivity index (χ4n) is 3.18. The van der Waals surface area contributed by atoms with Crippen LogP contribution < -0.4 is 15.5 Å². The molecule has 0 bridgehead atoms. The van der Waals surface area contributed by atoms with Gasteiger partial charge in [-0.05, 0) is 50.8 Å². The molecule has 0 aromatic carbocycles. The zero-order valence-corrected chi connectivity index (χ0v) is 21.5. The maximum absolute atomic E-state index is 4.75. The third-order valence-electron chi connectivity index (χ3n) is 5.11. The first-order valence-electron chi connectivity index (χ1n) is 10.7. The first-order valence-corrected chi connectivity index (χ1v) is 10.7. The van der Waals surface area contributed by atoms with Crippen LogP contribution in [0, 0.1) is 5.41 Å². The summed E-state index contributed by atoms with van der Waals surface area (Å²) in [6.07, 6.45) is 4.29. The lowest BCUT2D eigenvalue weighted by atomic mass is 9.89. The molecule has 1 unspecified atom stereocenters. The summed E-state index contributed by atoms with van der Waals surface area (Å²) in [5.74, 6) is 1.95. The molecule has 1 aliphatic heterocycles. The average molecular weight is 517 g/mol. The summed E-state index contributed by atoms with van der Waals surface area (Å²) in [5.41, 5.74) is 1.50. The van der Waals surface area contributed by atoms with Crippen LogP contribution in [0.5, 0.6) is 0 Å². The molecule has 7 heteroatoms. The Hall–Kier alpha value is -1.09. The van der Waals surface area contributed by atoms with Crippen LogP contribution in [0.4, 0.5) is 5.82 Å². The minimum atomic E-state index is 0. The van der Waals surface area contributed by atoms with Crippen molar-refractivity contribution < 1.29 is 0 Å². The standard InChI is InChI=1S/C22H40N6.HI/c1-7-23-21(26-18(2)10-11-22(3,4)5)25-17-19-8-9-20(24-16-19)28-14-12-27(6)13-15-28;/h8-9,16,18H,7,10-15,17H2,1-6H3,(H2,23,25,26);1H. The van der Waals surface area contributed by atoms with E-state index >= 15 is 0 Å². The maximum Gasteiger partial charge on any atom is 0.191 e. The van der Waals surface area contributed by atoms with Crippen LogP contribution in [-0.4, -0.2) is 61.7 Å². The van der Waals surface area contributed by atoms with Gasteiger partial charge in [0.25, 0.3) is 0 Å². The van der Waals surface area contributed by atoms with E-state index in [4.69, 9.17) is 4.99 Å². The van der Waals surface area contributed by atoms with Crippen molar-refractivity contribution in [1.29, 1.82) is 0 Å². The van der Waals surface area contributed by atoms with Gasteiger partial charge in [-0.3, -0.25) is 0 Å². The van der Waals surface area contributed by atoms with Crippen LogP contribution in [0.3, 0.4) is 0 Å². The number of pyridine rings is 1. The second kappa shape index (κ2) is 12.6. The number of anilines is 1. The number of nitrogens with one attached hydrogen (secondary N) is 2. The van der Waals surface area contributed by atoms with Gasteiger partial charge in [-0.2, -0.15) is 0 Å². The van der Waals surface area contributed by atoms with Crippen LogP contribution in [0.1, 0.15) is 53.0 Å². The van der Waals surface area contributed by atoms with Gasteiger partial charge >= 0.3 is 0 Å². The Kier molecular flexibility index (Phi) is 11.2. The number of halogens is 1. The van der Waals surface area contributed by atoms with Crippen molar-refractivity contribution in [2.24, 2.45) is 10.4 Å². The van der Waals surface area contributed by atoms with Crippen molar-refractivity contribution in [1.82, 2.24) is 20.5 Å². The highest BCUT2D eigenvalue weighted by molar-refractivity contribution is 14.0. The number of guanidine groups is 1. The lowest BCUT2D eigenvalue weighted by molar-refractivity contribution is 0.312. The number of rotatable bonds is 7. The molecule has 1 aromatic rings. The molecule has 1 aliphatic rings. The van der Waals surface area contributed by atoms with Gasteiger partial charge in [-0.25, -0.2) is 9.98 Å². The second-order valence-electron chi connectivity index (χ2n) is 9.15. The Labute approximate surface area is 195 Å². The zero-order chi connectivity index (χ0) is 20.6. The summed E-state index contributed by atoms with van der Waals surface area (Å²) in [6, 6.07) is 4.67. The van der Waals surface area contributed by atoms with Crippen molar-refractivity contribution in [3.63, 3.8) is 0 Å². The molecular weight excluding hydrogens is 475 g/mol. The second-order valence-corrected chi connectivity index (χ2v) is 9.15. The Morgan fingerprint density at radius 3 is 2.45 bits per heavy atom. The Bertz CT molecular complexity index is 603. The molecule has 0 radical (unpaired) electrons. The monoisotopic (exact) mass is 516 g/mol. The molecule has 0 spiro atoms. The molecule has 2 heterocycles. The Balaban J connectivity index is 0.00000420. The number of aromatic nitrogens is 1. The minimum absolute atomic E-state index is 0. The van der Waals surface area contributed by atoms with Gasteiger partial charge in [0.1, 0.15) is 5.82 Å². The number of hydrogen-bond donors (Lipinski definition) is 2. The molecular formula is C22H41IN6. The predicted octanol–water partition coefficient (Wildman–Crippen LogP) is 3.72. The lowest BCUT2D eigenvalue weighted by Gasteiger charge is -2.33. The lowest BCUT2D eigenvalue weighted by Crippen LogP contribution is -2.44. The van der Waals surface area contributed by atoms with Crippen molar-refractivity contribution >= 4 is 35.8 Å². The summed E-state index contributed by atoms with van der Waals surface area (Å²) in [6.45, 7) is 17.0. The van der Waals surface area contributed by atoms with E-state index in [0.717, 1.165) is 56.5 Å². The molecule has 1 aromatic heterocycles. The quantitative estimate of drug-likeness (QED) is 0.329. The van der Waals surface area contributed by atoms with E-state index in [1.807, 2.05) is 6.20 Å². The Morgan fingerprint density at radius 1 is 1.21 bits per heavy atom. The predicted molar refractivity (Wildman–Crippen MR) is 135 cm³/mol. The maximum atomic E-state index is 4.75. The molecule has 1 atom stereocenters. The summed E-state index contributed by atoms with van der Waals surface area (Å²) >= 11 is 0. The fraction of sp³-hybridized carbons (Fsp3) is 0.727. The van der Waals surface area contributed by atoms with Crippen molar-refractivity contribution in [2.45, 2.75) is 60.0 Å². The van der Waals surface area contributed by atoms with E-state index in [0.29, 0.717) is 18.0 Å². The highest BCUT2D eigenvalue weighted by Gasteiger charge is 2.15. The van der Waals surface area contributed by atoms with Gasteiger partial charge in [0.2, 0.25) is 0 Å². The molecule has 29 heavy (non-hydrogen) atoms. The van der Waals surface area contributed by atoms with Crippen LogP contribution in [-0.2, 0) is 6.54 Å². The van der Waals surface area contributed by atoms with Crippen LogP contribution in [0.25, 0.3) is 0 Å². The fourth-order valence-corrected chi connectivity index (χ4v) is 3.18. The number of likely N-dealkylation sites (N-methyl/N-ethyl adjacent to an activating group) is 1. The van der Waals surface area contributed by atoms with Crippen LogP contribution in [0.2, 0.25) is 0 Å². The molecule has 0 saturated carbocycles. The third kappa shape index (κ3) is 9.98. The SMILES string of the molecule is CCNC(=NCc1ccc(N2CCN(C)CC2)nc1)NC(C)CCC(C)(C)C.I. The average Bonchev–Trinajstić information content (AvgIpc) is 2.65. The van der Waals surface area contributed by atoms with E-state index in [1.54, 1.807) is 0 Å². The van der Waals surface area contributed by atoms with Gasteiger partial charge in [-0.1, -0.05) is 26.8 Å². The van der Waals surface area contributed by atoms with Gasteiger partial charge in [0.15, 0.2) is 5.96 Å². The van der Waals surface area contributed by atoms with E-state index in [-0.39, 0.29) is 24.0 Å². The molecule has 0 amide bonds. The molecule has 1 saturated heterocycles. The van der Waals surface area contributed by atoms with Crippen LogP contribution in [0.15, 0.2) is 23.3 Å². The minimum Gasteiger partial charge on any atom is -0.357 e. The van der Waals surface area contributed by atoms with E-state index < -0.39 is 0 Å². The summed E-state index contributed by atoms with van der Waals surface area (Å²) in [7, 11) is 2.17. The molecule has 2 N–H and O–H groups in total. The summed E-state index contributed by atoms with van der Waals surface area (Å²) < 4.78 is 0. The highest BCUT2D eigenvalue weighted by atomic mass is 127. The van der Waals surface area contributed by atoms with Gasteiger partial charge in [0, 0.05) is 45.0 Å². The van der Waals surface area contributed by atoms with E-state index in [9.17, 15) is 0 Å². The smallest absolute Gasteiger partial charge is 0.191 e. The number of nitrogens with zero attached hydrogens (tertiary/aromatic N) is 4. The van der Waals surface area contributed by atoms with Gasteiger partial charge in [-0.15, -0.1) is 24.0 Å². The number of hydrogen-bond acceptors (Lipinski definition) is 4. The molecule has 6 nitrogen and oxygen atoms in total. The highest BCUT2D eigenvalue weighted by Crippen LogP contribution is 2.21. The zero-order valence-electron chi connectivity index (χ0n) is 19.2. The topological polar surface area (TPSA) is 55.8 Å². The third-order valence-corrected chi connectivity index (χ3v) is 5.11. The first kappa shape index (κ1) is 25.9. The molecule has 166 valence electrons. The number of piperazine rings is 1. The summed E-state index contributed by atoms with van der Waals surface area (Å²) in [5, 5.41) is 6.89. The van der Waals surface area contributed by atoms with E-state index in [2.05, 4.69) is 79.2 Å². The molecule has 1 fully saturated rings. The Morgan fingerprint density at radius 2 is 1.90 bits per heavy atom. The van der Waals surface area contributed by atoms with E-state index in [1.165, 1.54) is 6.42 Å². The van der Waals surface area contributed by atoms with Gasteiger partial charge in [0.05, 0.1) is 6.54 Å². The molecule has 0 aliphatic carbocycles. The van der Waals surface area contributed by atoms with Crippen molar-refractivity contribution in [3.8, 4) is 0 Å². The summed E-state index contributed by atoms with van der Waals surface area (Å²) in [4.78, 5) is 14.1. The van der Waals surface area contributed by atoms with Crippen molar-refractivity contribution in [3.05, 3.63) is 23.9 Å². The van der Waals surface area contributed by atoms with Crippen LogP contribution >= 0.6 is 24.0 Å². The molecule has 2 rings (SSSR count). The first-order chi connectivity index (χ1) is 13.3. The number of aliphatic imine (C=N–C) groups is 1.